The van der Waals surface area contributed by atoms with Gasteiger partial charge in [0.05, 0.1) is 6.61 Å². The van der Waals surface area contributed by atoms with Crippen LogP contribution in [0.5, 0.6) is 11.5 Å². The van der Waals surface area contributed by atoms with Gasteiger partial charge in [0.1, 0.15) is 41.5 Å². The van der Waals surface area contributed by atoms with Crippen molar-refractivity contribution < 1.29 is 34.3 Å². The number of fused-ring (bicyclic) bond motifs is 1. The second kappa shape index (κ2) is 7.03. The number of hydrogen-bond donors (Lipinski definition) is 4. The molecule has 2 aliphatic heterocycles. The minimum absolute atomic E-state index is 0.288. The Morgan fingerprint density at radius 1 is 1.35 bits per heavy atom. The van der Waals surface area contributed by atoms with Gasteiger partial charge in [0.2, 0.25) is 12.2 Å². The molecule has 0 aromatic heterocycles. The van der Waals surface area contributed by atoms with Crippen molar-refractivity contribution >= 4 is 5.91 Å². The molecule has 4 N–H and O–H groups in total. The Hall–Kier alpha value is -1.87. The first kappa shape index (κ1) is 18.9. The van der Waals surface area contributed by atoms with Crippen LogP contribution in [0.4, 0.5) is 0 Å². The fraction of sp³-hybridized carbons (Fsp3) is 0.611. The minimum Gasteiger partial charge on any atom is -0.487 e. The van der Waals surface area contributed by atoms with Crippen LogP contribution in [-0.4, -0.2) is 64.1 Å². The summed E-state index contributed by atoms with van der Waals surface area (Å²) in [6.07, 6.45) is -4.01. The first-order chi connectivity index (χ1) is 12.2. The standard InChI is InChI=1S/C18H25NO7/c1-9(21)19-14-16(23)15(22)13(8-20)25-17(14)24-11-5-4-10-7-18(2,3)26-12(10)6-11/h4-6,13-17,20,22-23H,7-8H2,1-3H3,(H,19,21). The Morgan fingerprint density at radius 2 is 2.08 bits per heavy atom. The van der Waals surface area contributed by atoms with Gasteiger partial charge in [-0.2, -0.15) is 0 Å². The average molecular weight is 367 g/mol. The smallest absolute Gasteiger partial charge is 0.223 e. The molecule has 1 aromatic rings. The van der Waals surface area contributed by atoms with Crippen molar-refractivity contribution in [1.29, 1.82) is 0 Å². The van der Waals surface area contributed by atoms with Crippen molar-refractivity contribution in [2.75, 3.05) is 6.61 Å². The number of aliphatic hydroxyl groups excluding tert-OH is 3. The van der Waals surface area contributed by atoms with E-state index in [1.165, 1.54) is 6.92 Å². The Kier molecular flexibility index (Phi) is 5.12. The molecule has 5 unspecified atom stereocenters. The molecular formula is C18H25NO7. The van der Waals surface area contributed by atoms with Crippen molar-refractivity contribution in [1.82, 2.24) is 5.32 Å². The summed E-state index contributed by atoms with van der Waals surface area (Å²) in [5, 5.41) is 32.2. The van der Waals surface area contributed by atoms with Crippen molar-refractivity contribution in [3.63, 3.8) is 0 Å². The van der Waals surface area contributed by atoms with Gasteiger partial charge >= 0.3 is 0 Å². The fourth-order valence-electron chi connectivity index (χ4n) is 3.35. The number of aliphatic hydroxyl groups is 3. The number of amides is 1. The highest BCUT2D eigenvalue weighted by Crippen LogP contribution is 2.37. The van der Waals surface area contributed by atoms with Crippen molar-refractivity contribution in [3.05, 3.63) is 23.8 Å². The number of rotatable bonds is 4. The third-order valence-electron chi connectivity index (χ3n) is 4.54. The van der Waals surface area contributed by atoms with Gasteiger partial charge in [-0.15, -0.1) is 0 Å². The van der Waals surface area contributed by atoms with Gasteiger partial charge in [-0.25, -0.2) is 0 Å². The monoisotopic (exact) mass is 367 g/mol. The maximum atomic E-state index is 11.5. The SMILES string of the molecule is CC(=O)NC1C(Oc2ccc3c(c2)OC(C)(C)C3)OC(CO)C(O)C1O. The van der Waals surface area contributed by atoms with Gasteiger partial charge in [-0.05, 0) is 25.5 Å². The van der Waals surface area contributed by atoms with Crippen molar-refractivity contribution in [3.8, 4) is 11.5 Å². The first-order valence-electron chi connectivity index (χ1n) is 8.58. The molecule has 8 nitrogen and oxygen atoms in total. The fourth-order valence-corrected chi connectivity index (χ4v) is 3.35. The van der Waals surface area contributed by atoms with Crippen LogP contribution in [0.2, 0.25) is 0 Å². The van der Waals surface area contributed by atoms with Crippen molar-refractivity contribution in [2.24, 2.45) is 0 Å². The number of nitrogens with one attached hydrogen (secondary N) is 1. The Morgan fingerprint density at radius 3 is 2.73 bits per heavy atom. The number of hydrogen-bond acceptors (Lipinski definition) is 7. The van der Waals surface area contributed by atoms with Crippen LogP contribution in [0.1, 0.15) is 26.3 Å². The lowest BCUT2D eigenvalue weighted by molar-refractivity contribution is -0.244. The molecule has 1 aromatic carbocycles. The summed E-state index contributed by atoms with van der Waals surface area (Å²) in [6, 6.07) is 4.38. The highest BCUT2D eigenvalue weighted by atomic mass is 16.7. The predicted molar refractivity (Wildman–Crippen MR) is 90.8 cm³/mol. The van der Waals surface area contributed by atoms with Crippen LogP contribution in [0.25, 0.3) is 0 Å². The summed E-state index contributed by atoms with van der Waals surface area (Å²) in [4.78, 5) is 11.5. The maximum absolute atomic E-state index is 11.5. The lowest BCUT2D eigenvalue weighted by Crippen LogP contribution is -2.65. The van der Waals surface area contributed by atoms with Gasteiger partial charge < -0.3 is 34.8 Å². The molecule has 8 heteroatoms. The summed E-state index contributed by atoms with van der Waals surface area (Å²) in [5.74, 6) is 0.737. The zero-order valence-electron chi connectivity index (χ0n) is 15.0. The molecule has 26 heavy (non-hydrogen) atoms. The summed E-state index contributed by atoms with van der Waals surface area (Å²) in [5.41, 5.74) is 0.776. The summed E-state index contributed by atoms with van der Waals surface area (Å²) in [7, 11) is 0. The molecule has 0 aliphatic carbocycles. The predicted octanol–water partition coefficient (Wildman–Crippen LogP) is -0.277. The van der Waals surface area contributed by atoms with Gasteiger partial charge in [0.25, 0.3) is 0 Å². The molecule has 0 bridgehead atoms. The number of carbonyl (C=O) groups is 1. The summed E-state index contributed by atoms with van der Waals surface area (Å²) >= 11 is 0. The van der Waals surface area contributed by atoms with Crippen LogP contribution < -0.4 is 14.8 Å². The van der Waals surface area contributed by atoms with Gasteiger partial charge in [-0.3, -0.25) is 4.79 Å². The summed E-state index contributed by atoms with van der Waals surface area (Å²) in [6.45, 7) is 4.79. The van der Waals surface area contributed by atoms with E-state index in [2.05, 4.69) is 5.32 Å². The second-order valence-corrected chi connectivity index (χ2v) is 7.36. The van der Waals surface area contributed by atoms with E-state index < -0.39 is 43.2 Å². The van der Waals surface area contributed by atoms with Gasteiger partial charge in [-0.1, -0.05) is 6.07 Å². The third kappa shape index (κ3) is 3.78. The molecular weight excluding hydrogens is 342 g/mol. The zero-order chi connectivity index (χ0) is 19.1. The highest BCUT2D eigenvalue weighted by Gasteiger charge is 2.46. The Labute approximate surface area is 151 Å². The van der Waals surface area contributed by atoms with E-state index >= 15 is 0 Å². The molecule has 144 valence electrons. The molecule has 2 aliphatic rings. The lowest BCUT2D eigenvalue weighted by atomic mass is 9.97. The molecule has 1 saturated heterocycles. The van der Waals surface area contributed by atoms with Crippen LogP contribution in [-0.2, 0) is 16.0 Å². The quantitative estimate of drug-likeness (QED) is 0.578. The molecule has 0 radical (unpaired) electrons. The van der Waals surface area contributed by atoms with Gasteiger partial charge in [0, 0.05) is 19.4 Å². The van der Waals surface area contributed by atoms with E-state index in [-0.39, 0.29) is 5.60 Å². The minimum atomic E-state index is -1.35. The molecule has 1 fully saturated rings. The van der Waals surface area contributed by atoms with Crippen LogP contribution in [0.15, 0.2) is 18.2 Å². The molecule has 2 heterocycles. The van der Waals surface area contributed by atoms with E-state index in [4.69, 9.17) is 14.2 Å². The second-order valence-electron chi connectivity index (χ2n) is 7.36. The topological polar surface area (TPSA) is 117 Å². The van der Waals surface area contributed by atoms with Crippen LogP contribution in [0.3, 0.4) is 0 Å². The van der Waals surface area contributed by atoms with Crippen molar-refractivity contribution in [2.45, 2.75) is 63.4 Å². The highest BCUT2D eigenvalue weighted by molar-refractivity contribution is 5.73. The van der Waals surface area contributed by atoms with E-state index in [1.54, 1.807) is 12.1 Å². The van der Waals surface area contributed by atoms with Crippen LogP contribution in [0, 0.1) is 0 Å². The average Bonchev–Trinajstić information content (AvgIpc) is 2.87. The molecule has 1 amide bonds. The number of carbonyl (C=O) groups excluding carboxylic acids is 1. The lowest BCUT2D eigenvalue weighted by Gasteiger charge is -2.42. The molecule has 5 atom stereocenters. The van der Waals surface area contributed by atoms with E-state index in [1.807, 2.05) is 19.9 Å². The Balaban J connectivity index is 1.81. The normalized spacial score (nSPS) is 32.5. The molecule has 0 spiro atoms. The maximum Gasteiger partial charge on any atom is 0.223 e. The number of ether oxygens (including phenoxy) is 3. The molecule has 0 saturated carbocycles. The zero-order valence-corrected chi connectivity index (χ0v) is 15.0. The molecule has 3 rings (SSSR count). The largest absolute Gasteiger partial charge is 0.487 e. The van der Waals surface area contributed by atoms with Gasteiger partial charge in [0.15, 0.2) is 0 Å². The van der Waals surface area contributed by atoms with Crippen LogP contribution >= 0.6 is 0 Å². The summed E-state index contributed by atoms with van der Waals surface area (Å²) < 4.78 is 17.2. The third-order valence-corrected chi connectivity index (χ3v) is 4.54. The van der Waals surface area contributed by atoms with E-state index in [9.17, 15) is 20.1 Å². The van der Waals surface area contributed by atoms with E-state index in [0.29, 0.717) is 11.5 Å². The van der Waals surface area contributed by atoms with E-state index in [0.717, 1.165) is 12.0 Å². The number of benzene rings is 1. The Bertz CT molecular complexity index is 678. The first-order valence-corrected chi connectivity index (χ1v) is 8.58.